The van der Waals surface area contributed by atoms with Crippen LogP contribution in [-0.4, -0.2) is 32.7 Å². The third kappa shape index (κ3) is 4.57. The number of primary amides is 1. The Morgan fingerprint density at radius 1 is 1.11 bits per heavy atom. The Morgan fingerprint density at radius 3 is 2.15 bits per heavy atom. The van der Waals surface area contributed by atoms with E-state index < -0.39 is 34.6 Å². The van der Waals surface area contributed by atoms with Crippen LogP contribution >= 0.6 is 0 Å². The highest BCUT2D eigenvalue weighted by Gasteiger charge is 2.32. The number of nitrogens with zero attached hydrogens (tertiary/aromatic N) is 2. The first-order valence-electron chi connectivity index (χ1n) is 8.92. The molecular formula is C19H29N5O3. The summed E-state index contributed by atoms with van der Waals surface area (Å²) in [5, 5.41) is 2.60. The topological polar surface area (TPSA) is 125 Å². The molecule has 8 heteroatoms. The van der Waals surface area contributed by atoms with Gasteiger partial charge in [0.05, 0.1) is 11.0 Å². The molecule has 0 saturated heterocycles. The number of hydrogen-bond donors (Lipinski definition) is 3. The summed E-state index contributed by atoms with van der Waals surface area (Å²) in [6, 6.07) is 5.42. The number of rotatable bonds is 5. The van der Waals surface area contributed by atoms with E-state index in [0.717, 1.165) is 4.57 Å². The number of amides is 2. The number of carbonyl (C=O) groups excluding carboxylic acids is 2. The highest BCUT2D eigenvalue weighted by molar-refractivity contribution is 5.92. The molecule has 0 unspecified atom stereocenters. The van der Waals surface area contributed by atoms with Crippen LogP contribution in [0.15, 0.2) is 29.1 Å². The number of aryl methyl sites for hydroxylation is 1. The second kappa shape index (κ2) is 7.19. The Balaban J connectivity index is 2.49. The van der Waals surface area contributed by atoms with E-state index in [4.69, 9.17) is 11.5 Å². The summed E-state index contributed by atoms with van der Waals surface area (Å²) in [6.07, 6.45) is 0.564. The van der Waals surface area contributed by atoms with Crippen molar-refractivity contribution in [3.8, 4) is 0 Å². The zero-order chi connectivity index (χ0) is 20.6. The molecule has 27 heavy (non-hydrogen) atoms. The predicted molar refractivity (Wildman–Crippen MR) is 105 cm³/mol. The normalized spacial score (nSPS) is 13.6. The van der Waals surface area contributed by atoms with Crippen LogP contribution in [0.3, 0.4) is 0 Å². The van der Waals surface area contributed by atoms with Gasteiger partial charge in [-0.05, 0) is 37.8 Å². The van der Waals surface area contributed by atoms with Crippen LogP contribution in [0.1, 0.15) is 41.0 Å². The third-order valence-electron chi connectivity index (χ3n) is 4.44. The average Bonchev–Trinajstić information content (AvgIpc) is 2.80. The first kappa shape index (κ1) is 20.7. The molecule has 1 atom stereocenters. The Kier molecular flexibility index (Phi) is 5.51. The Morgan fingerprint density at radius 2 is 1.67 bits per heavy atom. The second-order valence-corrected chi connectivity index (χ2v) is 8.65. The van der Waals surface area contributed by atoms with Gasteiger partial charge >= 0.3 is 11.7 Å². The number of benzene rings is 1. The van der Waals surface area contributed by atoms with E-state index in [-0.39, 0.29) is 0 Å². The van der Waals surface area contributed by atoms with Crippen LogP contribution in [-0.2, 0) is 11.3 Å². The van der Waals surface area contributed by atoms with Gasteiger partial charge in [-0.2, -0.15) is 0 Å². The maximum absolute atomic E-state index is 13.0. The Labute approximate surface area is 158 Å². The summed E-state index contributed by atoms with van der Waals surface area (Å²) < 4.78 is 2.57. The molecule has 0 fully saturated rings. The van der Waals surface area contributed by atoms with Crippen molar-refractivity contribution in [1.82, 2.24) is 14.5 Å². The van der Waals surface area contributed by atoms with Crippen molar-refractivity contribution in [1.29, 1.82) is 0 Å². The summed E-state index contributed by atoms with van der Waals surface area (Å²) >= 11 is 0. The van der Waals surface area contributed by atoms with Gasteiger partial charge in [-0.25, -0.2) is 14.2 Å². The molecule has 1 aromatic carbocycles. The average molecular weight is 375 g/mol. The molecular weight excluding hydrogens is 346 g/mol. The molecule has 2 amide bonds. The van der Waals surface area contributed by atoms with Gasteiger partial charge in [0, 0.05) is 12.1 Å². The van der Waals surface area contributed by atoms with E-state index in [9.17, 15) is 14.4 Å². The largest absolute Gasteiger partial charge is 0.368 e. The summed E-state index contributed by atoms with van der Waals surface area (Å²) in [6.45, 7) is 9.51. The van der Waals surface area contributed by atoms with Gasteiger partial charge in [-0.1, -0.05) is 32.9 Å². The molecule has 5 N–H and O–H groups in total. The van der Waals surface area contributed by atoms with E-state index in [2.05, 4.69) is 5.32 Å². The van der Waals surface area contributed by atoms with E-state index in [1.165, 1.54) is 4.57 Å². The molecule has 0 aliphatic rings. The molecule has 0 aliphatic heterocycles. The summed E-state index contributed by atoms with van der Waals surface area (Å²) in [5.41, 5.74) is 11.1. The van der Waals surface area contributed by atoms with Crippen molar-refractivity contribution in [3.05, 3.63) is 34.7 Å². The van der Waals surface area contributed by atoms with Crippen LogP contribution < -0.4 is 22.5 Å². The van der Waals surface area contributed by atoms with Crippen molar-refractivity contribution in [2.24, 2.45) is 16.9 Å². The molecule has 1 aromatic heterocycles. The van der Waals surface area contributed by atoms with Gasteiger partial charge in [0.25, 0.3) is 0 Å². The maximum Gasteiger partial charge on any atom is 0.337 e. The lowest BCUT2D eigenvalue weighted by molar-refractivity contribution is -0.122. The quantitative estimate of drug-likeness (QED) is 0.730. The molecule has 0 spiro atoms. The van der Waals surface area contributed by atoms with E-state index in [1.54, 1.807) is 45.0 Å². The molecule has 2 aromatic rings. The number of para-hydroxylation sites is 2. The fraction of sp³-hybridized carbons (Fsp3) is 0.526. The molecule has 0 saturated carbocycles. The zero-order valence-electron chi connectivity index (χ0n) is 16.6. The molecule has 1 heterocycles. The van der Waals surface area contributed by atoms with E-state index >= 15 is 0 Å². The van der Waals surface area contributed by atoms with Gasteiger partial charge in [-0.15, -0.1) is 0 Å². The summed E-state index contributed by atoms with van der Waals surface area (Å²) in [5.74, 6) is -0.655. The first-order chi connectivity index (χ1) is 12.3. The van der Waals surface area contributed by atoms with Gasteiger partial charge < -0.3 is 16.8 Å². The van der Waals surface area contributed by atoms with Gasteiger partial charge in [0.2, 0.25) is 5.91 Å². The van der Waals surface area contributed by atoms with Crippen molar-refractivity contribution >= 4 is 23.0 Å². The van der Waals surface area contributed by atoms with Crippen molar-refractivity contribution in [2.75, 3.05) is 0 Å². The minimum atomic E-state index is -0.915. The summed E-state index contributed by atoms with van der Waals surface area (Å²) in [7, 11) is 0. The minimum absolute atomic E-state index is 0.377. The highest BCUT2D eigenvalue weighted by Crippen LogP contribution is 2.20. The van der Waals surface area contributed by atoms with Gasteiger partial charge in [0.1, 0.15) is 6.04 Å². The molecule has 2 rings (SSSR count). The second-order valence-electron chi connectivity index (χ2n) is 8.65. The zero-order valence-corrected chi connectivity index (χ0v) is 16.6. The lowest BCUT2D eigenvalue weighted by Gasteiger charge is -2.28. The Bertz CT molecular complexity index is 912. The van der Waals surface area contributed by atoms with Crippen molar-refractivity contribution in [2.45, 2.75) is 59.2 Å². The van der Waals surface area contributed by atoms with E-state index in [1.807, 2.05) is 13.8 Å². The molecule has 0 radical (unpaired) electrons. The standard InChI is InChI=1S/C19H29N5O3/c1-18(2,3)14(15(20)25)22-16(26)24-13-9-7-6-8-12(13)23(17(24)27)11-10-19(4,5)21/h6-9,14H,10-11,21H2,1-5H3,(H2,20,25)(H,22,26)/t14-/m1/s1. The van der Waals surface area contributed by atoms with Crippen LogP contribution in [0.25, 0.3) is 11.0 Å². The van der Waals surface area contributed by atoms with Crippen molar-refractivity contribution in [3.63, 3.8) is 0 Å². The number of nitrogens with one attached hydrogen (secondary N) is 1. The first-order valence-corrected chi connectivity index (χ1v) is 8.92. The van der Waals surface area contributed by atoms with Crippen LogP contribution in [0.5, 0.6) is 0 Å². The Hall–Kier alpha value is -2.61. The monoisotopic (exact) mass is 375 g/mol. The van der Waals surface area contributed by atoms with Gasteiger partial charge in [0.15, 0.2) is 0 Å². The number of carbonyl (C=O) groups is 2. The van der Waals surface area contributed by atoms with Gasteiger partial charge in [-0.3, -0.25) is 9.36 Å². The fourth-order valence-electron chi connectivity index (χ4n) is 2.92. The fourth-order valence-corrected chi connectivity index (χ4v) is 2.92. The third-order valence-corrected chi connectivity index (χ3v) is 4.44. The van der Waals surface area contributed by atoms with Crippen molar-refractivity contribution < 1.29 is 9.59 Å². The van der Waals surface area contributed by atoms with Crippen LogP contribution in [0.4, 0.5) is 4.79 Å². The highest BCUT2D eigenvalue weighted by atomic mass is 16.2. The lowest BCUT2D eigenvalue weighted by atomic mass is 9.86. The molecule has 0 aliphatic carbocycles. The molecule has 0 bridgehead atoms. The summed E-state index contributed by atoms with van der Waals surface area (Å²) in [4.78, 5) is 37.6. The number of nitrogens with two attached hydrogens (primary N) is 2. The maximum atomic E-state index is 13.0. The number of imidazole rings is 1. The lowest BCUT2D eigenvalue weighted by Crippen LogP contribution is -2.54. The predicted octanol–water partition coefficient (Wildman–Crippen LogP) is 1.39. The van der Waals surface area contributed by atoms with E-state index in [0.29, 0.717) is 24.0 Å². The smallest absolute Gasteiger partial charge is 0.337 e. The number of hydrogen-bond acceptors (Lipinski definition) is 4. The SMILES string of the molecule is CC(C)(N)CCn1c(=O)n(C(=O)N[C@H](C(N)=O)C(C)(C)C)c2ccccc21. The molecule has 148 valence electrons. The number of fused-ring (bicyclic) bond motifs is 1. The van der Waals surface area contributed by atoms with Crippen LogP contribution in [0, 0.1) is 5.41 Å². The number of aromatic nitrogens is 2. The van der Waals surface area contributed by atoms with Crippen LogP contribution in [0.2, 0.25) is 0 Å². The minimum Gasteiger partial charge on any atom is -0.368 e. The molecule has 8 nitrogen and oxygen atoms in total.